The van der Waals surface area contributed by atoms with Crippen molar-refractivity contribution in [2.24, 2.45) is 0 Å². The third-order valence-electron chi connectivity index (χ3n) is 2.28. The minimum Gasteiger partial charge on any atom is -0.134 e. The van der Waals surface area contributed by atoms with Crippen LogP contribution in [0.1, 0.15) is 58.3 Å². The standard InChI is InChI=1S/C12H25P/c1-2-3-4-5-6-7-8-9-10-11-12-13/h10-11H,2-9,12-13H2,1H3. The lowest BCUT2D eigenvalue weighted by molar-refractivity contribution is 0.592. The second kappa shape index (κ2) is 12.2. The van der Waals surface area contributed by atoms with Gasteiger partial charge in [0, 0.05) is 0 Å². The minimum atomic E-state index is 1.11. The molecule has 0 amide bonds. The maximum atomic E-state index is 2.72. The number of allylic oxidation sites excluding steroid dienone is 2. The van der Waals surface area contributed by atoms with Gasteiger partial charge in [-0.2, -0.15) is 0 Å². The molecule has 0 aliphatic carbocycles. The summed E-state index contributed by atoms with van der Waals surface area (Å²) in [7, 11) is 2.72. The van der Waals surface area contributed by atoms with Crippen LogP contribution in [0, 0.1) is 0 Å². The van der Waals surface area contributed by atoms with Crippen LogP contribution in [0.15, 0.2) is 12.2 Å². The van der Waals surface area contributed by atoms with Crippen molar-refractivity contribution in [1.82, 2.24) is 0 Å². The molecule has 1 atom stereocenters. The van der Waals surface area contributed by atoms with Gasteiger partial charge >= 0.3 is 0 Å². The van der Waals surface area contributed by atoms with Gasteiger partial charge in [-0.05, 0) is 19.0 Å². The van der Waals surface area contributed by atoms with Crippen molar-refractivity contribution in [2.75, 3.05) is 6.16 Å². The quantitative estimate of drug-likeness (QED) is 0.291. The summed E-state index contributed by atoms with van der Waals surface area (Å²) in [6.07, 6.45) is 16.8. The monoisotopic (exact) mass is 200 g/mol. The van der Waals surface area contributed by atoms with Gasteiger partial charge in [-0.25, -0.2) is 0 Å². The van der Waals surface area contributed by atoms with Crippen LogP contribution in [-0.2, 0) is 0 Å². The molecule has 0 aliphatic heterocycles. The lowest BCUT2D eigenvalue weighted by atomic mass is 10.1. The van der Waals surface area contributed by atoms with E-state index in [1.165, 1.54) is 51.4 Å². The average Bonchev–Trinajstić information content (AvgIpc) is 2.16. The third kappa shape index (κ3) is 12.2. The van der Waals surface area contributed by atoms with E-state index in [1.54, 1.807) is 0 Å². The number of rotatable bonds is 9. The van der Waals surface area contributed by atoms with E-state index in [4.69, 9.17) is 0 Å². The molecular weight excluding hydrogens is 175 g/mol. The van der Waals surface area contributed by atoms with Gasteiger partial charge in [-0.3, -0.25) is 0 Å². The van der Waals surface area contributed by atoms with Crippen molar-refractivity contribution in [3.63, 3.8) is 0 Å². The molecule has 0 aromatic heterocycles. The summed E-state index contributed by atoms with van der Waals surface area (Å²) >= 11 is 0. The lowest BCUT2D eigenvalue weighted by Gasteiger charge is -1.98. The summed E-state index contributed by atoms with van der Waals surface area (Å²) < 4.78 is 0. The molecule has 0 saturated heterocycles. The highest BCUT2D eigenvalue weighted by Gasteiger charge is 1.88. The minimum absolute atomic E-state index is 1.11. The van der Waals surface area contributed by atoms with E-state index in [1.807, 2.05) is 0 Å². The van der Waals surface area contributed by atoms with E-state index in [2.05, 4.69) is 28.3 Å². The SMILES string of the molecule is CCCCCCCCCC=CCP. The van der Waals surface area contributed by atoms with Gasteiger partial charge in [0.25, 0.3) is 0 Å². The summed E-state index contributed by atoms with van der Waals surface area (Å²) in [5.74, 6) is 0. The number of unbranched alkanes of at least 4 members (excludes halogenated alkanes) is 7. The fraction of sp³-hybridized carbons (Fsp3) is 0.833. The molecule has 0 heterocycles. The summed E-state index contributed by atoms with van der Waals surface area (Å²) in [5.41, 5.74) is 0. The molecule has 1 heteroatoms. The number of hydrogen-bond acceptors (Lipinski definition) is 0. The maximum Gasteiger partial charge on any atom is -0.0200 e. The summed E-state index contributed by atoms with van der Waals surface area (Å²) in [5, 5.41) is 0. The van der Waals surface area contributed by atoms with Crippen molar-refractivity contribution in [3.8, 4) is 0 Å². The fourth-order valence-corrected chi connectivity index (χ4v) is 1.63. The van der Waals surface area contributed by atoms with Gasteiger partial charge in [0.2, 0.25) is 0 Å². The van der Waals surface area contributed by atoms with Gasteiger partial charge in [-0.15, -0.1) is 9.24 Å². The van der Waals surface area contributed by atoms with E-state index in [-0.39, 0.29) is 0 Å². The van der Waals surface area contributed by atoms with Crippen LogP contribution in [-0.4, -0.2) is 6.16 Å². The predicted molar refractivity (Wildman–Crippen MR) is 66.3 cm³/mol. The van der Waals surface area contributed by atoms with Gasteiger partial charge in [0.1, 0.15) is 0 Å². The molecule has 78 valence electrons. The van der Waals surface area contributed by atoms with Crippen LogP contribution < -0.4 is 0 Å². The lowest BCUT2D eigenvalue weighted by Crippen LogP contribution is -1.78. The topological polar surface area (TPSA) is 0 Å². The molecule has 0 spiro atoms. The highest BCUT2D eigenvalue weighted by Crippen LogP contribution is 2.08. The van der Waals surface area contributed by atoms with E-state index >= 15 is 0 Å². The predicted octanol–water partition coefficient (Wildman–Crippen LogP) is 4.56. The van der Waals surface area contributed by atoms with E-state index in [0.29, 0.717) is 0 Å². The second-order valence-corrected chi connectivity index (χ2v) is 4.09. The molecule has 0 fully saturated rings. The first-order valence-electron chi connectivity index (χ1n) is 5.77. The van der Waals surface area contributed by atoms with Crippen LogP contribution in [0.4, 0.5) is 0 Å². The second-order valence-electron chi connectivity index (χ2n) is 3.62. The third-order valence-corrected chi connectivity index (χ3v) is 2.55. The van der Waals surface area contributed by atoms with Crippen molar-refractivity contribution in [2.45, 2.75) is 58.3 Å². The summed E-state index contributed by atoms with van der Waals surface area (Å²) in [6, 6.07) is 0. The first kappa shape index (κ1) is 13.2. The van der Waals surface area contributed by atoms with Crippen molar-refractivity contribution < 1.29 is 0 Å². The van der Waals surface area contributed by atoms with E-state index in [9.17, 15) is 0 Å². The first-order valence-corrected chi connectivity index (χ1v) is 6.58. The van der Waals surface area contributed by atoms with Crippen LogP contribution in [0.2, 0.25) is 0 Å². The van der Waals surface area contributed by atoms with Gasteiger partial charge in [0.05, 0.1) is 0 Å². The zero-order valence-corrected chi connectivity index (χ0v) is 10.3. The largest absolute Gasteiger partial charge is 0.134 e. The molecule has 13 heavy (non-hydrogen) atoms. The van der Waals surface area contributed by atoms with Crippen molar-refractivity contribution in [3.05, 3.63) is 12.2 Å². The van der Waals surface area contributed by atoms with Crippen LogP contribution in [0.3, 0.4) is 0 Å². The maximum absolute atomic E-state index is 2.72. The summed E-state index contributed by atoms with van der Waals surface area (Å²) in [6.45, 7) is 2.27. The molecular formula is C12H25P. The molecule has 0 aromatic rings. The molecule has 0 bridgehead atoms. The molecule has 0 saturated carbocycles. The average molecular weight is 200 g/mol. The molecule has 0 aromatic carbocycles. The normalized spacial score (nSPS) is 11.2. The zero-order chi connectivity index (χ0) is 9.78. The van der Waals surface area contributed by atoms with Gasteiger partial charge in [-0.1, -0.05) is 57.6 Å². The molecule has 0 rings (SSSR count). The Kier molecular flexibility index (Phi) is 12.3. The van der Waals surface area contributed by atoms with Crippen LogP contribution in [0.5, 0.6) is 0 Å². The fourth-order valence-electron chi connectivity index (χ4n) is 1.43. The Morgan fingerprint density at radius 2 is 1.46 bits per heavy atom. The Morgan fingerprint density at radius 3 is 2.08 bits per heavy atom. The zero-order valence-electron chi connectivity index (χ0n) is 9.10. The van der Waals surface area contributed by atoms with Crippen molar-refractivity contribution >= 4 is 9.24 Å². The highest BCUT2D eigenvalue weighted by atomic mass is 31.0. The Bertz CT molecular complexity index is 108. The molecule has 1 unspecified atom stereocenters. The van der Waals surface area contributed by atoms with Crippen LogP contribution in [0.25, 0.3) is 0 Å². The Balaban J connectivity index is 2.87. The van der Waals surface area contributed by atoms with E-state index in [0.717, 1.165) is 6.16 Å². The number of hydrogen-bond donors (Lipinski definition) is 0. The van der Waals surface area contributed by atoms with Crippen molar-refractivity contribution in [1.29, 1.82) is 0 Å². The molecule has 0 radical (unpaired) electrons. The Hall–Kier alpha value is 0.170. The highest BCUT2D eigenvalue weighted by molar-refractivity contribution is 7.16. The molecule has 0 nitrogen and oxygen atoms in total. The molecule has 0 aliphatic rings. The van der Waals surface area contributed by atoms with Crippen LogP contribution >= 0.6 is 9.24 Å². The summed E-state index contributed by atoms with van der Waals surface area (Å²) in [4.78, 5) is 0. The van der Waals surface area contributed by atoms with Gasteiger partial charge in [0.15, 0.2) is 0 Å². The Labute approximate surface area is 86.4 Å². The van der Waals surface area contributed by atoms with E-state index < -0.39 is 0 Å². The molecule has 0 N–H and O–H groups in total. The Morgan fingerprint density at radius 1 is 0.846 bits per heavy atom. The first-order chi connectivity index (χ1) is 6.41. The van der Waals surface area contributed by atoms with Gasteiger partial charge < -0.3 is 0 Å². The smallest absolute Gasteiger partial charge is 0.0200 e.